The van der Waals surface area contributed by atoms with E-state index in [0.29, 0.717) is 5.56 Å². The van der Waals surface area contributed by atoms with E-state index in [-0.39, 0.29) is 26.3 Å². The van der Waals surface area contributed by atoms with E-state index in [1.807, 2.05) is 6.07 Å². The summed E-state index contributed by atoms with van der Waals surface area (Å²) in [5, 5.41) is 10.00. The minimum Gasteiger partial charge on any atom is -0.466 e. The van der Waals surface area contributed by atoms with Gasteiger partial charge in [-0.1, -0.05) is 30.3 Å². The van der Waals surface area contributed by atoms with Crippen LogP contribution in [-0.2, 0) is 28.9 Å². The molecule has 0 radical (unpaired) electrons. The molecule has 0 amide bonds. The van der Waals surface area contributed by atoms with Crippen molar-refractivity contribution >= 4 is 43.4 Å². The Bertz CT molecular complexity index is 1430. The van der Waals surface area contributed by atoms with Crippen molar-refractivity contribution in [3.8, 4) is 6.07 Å². The number of nitrogens with zero attached hydrogens (tertiary/aromatic N) is 2. The number of nitriles is 1. The predicted octanol–water partition coefficient (Wildman–Crippen LogP) is 2.89. The summed E-state index contributed by atoms with van der Waals surface area (Å²) >= 11 is 3.10. The van der Waals surface area contributed by atoms with Crippen LogP contribution in [0.15, 0.2) is 74.5 Å². The van der Waals surface area contributed by atoms with Crippen molar-refractivity contribution in [2.45, 2.75) is 10.8 Å². The molecule has 0 aliphatic carbocycles. The summed E-state index contributed by atoms with van der Waals surface area (Å²) < 4.78 is 49.1. The number of hydrogen-bond donors (Lipinski definition) is 1. The second kappa shape index (κ2) is 9.89. The van der Waals surface area contributed by atoms with Gasteiger partial charge in [-0.05, 0) is 33.6 Å². The van der Waals surface area contributed by atoms with Crippen molar-refractivity contribution in [1.29, 1.82) is 5.26 Å². The minimum absolute atomic E-state index is 0.0308. The molecule has 1 heterocycles. The molecule has 1 atom stereocenters. The number of hydrogen-bond acceptors (Lipinski definition) is 9. The van der Waals surface area contributed by atoms with Gasteiger partial charge in [0.2, 0.25) is 0 Å². The predicted molar refractivity (Wildman–Crippen MR) is 127 cm³/mol. The topological polar surface area (TPSA) is 140 Å². The Hall–Kier alpha value is -3.69. The first-order valence-electron chi connectivity index (χ1n) is 9.82. The van der Waals surface area contributed by atoms with Crippen LogP contribution in [0.25, 0.3) is 0 Å². The standard InChI is InChI=1S/C23H19BrFN3O6S/c1-33-22(29)19-18(12-7-5-4-6-8-12)13(11-26)21(27)28(20(19)23(30)34-2)16-9-14(24)17(10-15(16)25)35(3,31)32/h4-10,18H,27H2,1-3H3. The zero-order valence-corrected chi connectivity index (χ0v) is 21.1. The molecule has 1 aliphatic rings. The lowest BCUT2D eigenvalue weighted by Crippen LogP contribution is -2.41. The average Bonchev–Trinajstić information content (AvgIpc) is 2.83. The van der Waals surface area contributed by atoms with Crippen LogP contribution in [0.4, 0.5) is 10.1 Å². The number of halogens is 2. The maximum atomic E-state index is 15.3. The average molecular weight is 564 g/mol. The van der Waals surface area contributed by atoms with E-state index in [4.69, 9.17) is 15.2 Å². The van der Waals surface area contributed by atoms with Crippen LogP contribution in [0.5, 0.6) is 0 Å². The van der Waals surface area contributed by atoms with Crippen LogP contribution in [0.1, 0.15) is 11.5 Å². The van der Waals surface area contributed by atoms with Crippen LogP contribution in [0.3, 0.4) is 0 Å². The quantitative estimate of drug-likeness (QED) is 0.543. The van der Waals surface area contributed by atoms with E-state index < -0.39 is 44.9 Å². The summed E-state index contributed by atoms with van der Waals surface area (Å²) in [5.41, 5.74) is 5.41. The lowest BCUT2D eigenvalue weighted by atomic mass is 9.81. The van der Waals surface area contributed by atoms with Crippen molar-refractivity contribution in [1.82, 2.24) is 0 Å². The molecule has 9 nitrogen and oxygen atoms in total. The minimum atomic E-state index is -3.82. The lowest BCUT2D eigenvalue weighted by Gasteiger charge is -2.36. The van der Waals surface area contributed by atoms with E-state index in [0.717, 1.165) is 37.5 Å². The second-order valence-electron chi connectivity index (χ2n) is 7.34. The summed E-state index contributed by atoms with van der Waals surface area (Å²) in [6.07, 6.45) is 0.898. The molecule has 1 unspecified atom stereocenters. The molecule has 3 rings (SSSR count). The fraction of sp³-hybridized carbons (Fsp3) is 0.174. The molecule has 1 aliphatic heterocycles. The largest absolute Gasteiger partial charge is 0.466 e. The van der Waals surface area contributed by atoms with E-state index in [2.05, 4.69) is 15.9 Å². The zero-order chi connectivity index (χ0) is 26.1. The highest BCUT2D eigenvalue weighted by Gasteiger charge is 2.43. The maximum absolute atomic E-state index is 15.3. The van der Waals surface area contributed by atoms with E-state index in [1.165, 1.54) is 0 Å². The van der Waals surface area contributed by atoms with Crippen molar-refractivity contribution < 1.29 is 31.9 Å². The normalized spacial score (nSPS) is 16.1. The molecule has 0 saturated heterocycles. The summed E-state index contributed by atoms with van der Waals surface area (Å²) in [6, 6.07) is 12.1. The number of sulfone groups is 1. The van der Waals surface area contributed by atoms with Gasteiger partial charge < -0.3 is 15.2 Å². The summed E-state index contributed by atoms with van der Waals surface area (Å²) in [5.74, 6) is -4.60. The highest BCUT2D eigenvalue weighted by atomic mass is 79.9. The van der Waals surface area contributed by atoms with Crippen LogP contribution in [-0.4, -0.2) is 40.8 Å². The molecule has 0 saturated carbocycles. The summed E-state index contributed by atoms with van der Waals surface area (Å²) in [7, 11) is -1.68. The van der Waals surface area contributed by atoms with Crippen molar-refractivity contribution in [2.24, 2.45) is 5.73 Å². The number of allylic oxidation sites excluding steroid dienone is 1. The van der Waals surface area contributed by atoms with Gasteiger partial charge in [-0.2, -0.15) is 5.26 Å². The van der Waals surface area contributed by atoms with Gasteiger partial charge in [0.15, 0.2) is 9.84 Å². The number of methoxy groups -OCH3 is 2. The monoisotopic (exact) mass is 563 g/mol. The van der Waals surface area contributed by atoms with Gasteiger partial charge in [0.1, 0.15) is 17.3 Å². The first-order chi connectivity index (χ1) is 16.5. The van der Waals surface area contributed by atoms with Gasteiger partial charge in [0, 0.05) is 10.7 Å². The Morgan fingerprint density at radius 2 is 1.74 bits per heavy atom. The van der Waals surface area contributed by atoms with Crippen molar-refractivity contribution in [3.63, 3.8) is 0 Å². The fourth-order valence-corrected chi connectivity index (χ4v) is 5.68. The molecule has 182 valence electrons. The van der Waals surface area contributed by atoms with Gasteiger partial charge in [0.05, 0.1) is 47.9 Å². The third-order valence-corrected chi connectivity index (χ3v) is 7.31. The first kappa shape index (κ1) is 25.9. The molecule has 0 spiro atoms. The number of anilines is 1. The van der Waals surface area contributed by atoms with E-state index in [9.17, 15) is 23.3 Å². The van der Waals surface area contributed by atoms with E-state index >= 15 is 4.39 Å². The number of esters is 2. The number of rotatable bonds is 5. The van der Waals surface area contributed by atoms with Crippen molar-refractivity contribution in [3.05, 3.63) is 81.0 Å². The summed E-state index contributed by atoms with van der Waals surface area (Å²) in [6.45, 7) is 0. The first-order valence-corrected chi connectivity index (χ1v) is 12.5. The maximum Gasteiger partial charge on any atom is 0.355 e. The Labute approximate surface area is 209 Å². The molecular formula is C23H19BrFN3O6S. The highest BCUT2D eigenvalue weighted by molar-refractivity contribution is 9.10. The molecule has 35 heavy (non-hydrogen) atoms. The Balaban J connectivity index is 2.46. The molecule has 2 aromatic rings. The Morgan fingerprint density at radius 3 is 2.26 bits per heavy atom. The van der Waals surface area contributed by atoms with Crippen LogP contribution in [0.2, 0.25) is 0 Å². The molecular weight excluding hydrogens is 545 g/mol. The van der Waals surface area contributed by atoms with Crippen LogP contribution < -0.4 is 10.6 Å². The molecule has 12 heteroatoms. The third kappa shape index (κ3) is 4.65. The lowest BCUT2D eigenvalue weighted by molar-refractivity contribution is -0.139. The zero-order valence-electron chi connectivity index (χ0n) is 18.7. The highest BCUT2D eigenvalue weighted by Crippen LogP contribution is 2.44. The number of nitrogens with two attached hydrogens (primary N) is 1. The Morgan fingerprint density at radius 1 is 1.14 bits per heavy atom. The number of carbonyl (C=O) groups excluding carboxylic acids is 2. The third-order valence-electron chi connectivity index (χ3n) is 5.25. The number of benzene rings is 2. The van der Waals surface area contributed by atoms with Gasteiger partial charge >= 0.3 is 11.9 Å². The second-order valence-corrected chi connectivity index (χ2v) is 10.2. The molecule has 2 N–H and O–H groups in total. The van der Waals surface area contributed by atoms with Gasteiger partial charge in [0.25, 0.3) is 0 Å². The van der Waals surface area contributed by atoms with Crippen LogP contribution >= 0.6 is 15.9 Å². The van der Waals surface area contributed by atoms with E-state index in [1.54, 1.807) is 30.3 Å². The smallest absolute Gasteiger partial charge is 0.355 e. The van der Waals surface area contributed by atoms with Gasteiger partial charge in [-0.25, -0.2) is 22.4 Å². The molecule has 0 fully saturated rings. The van der Waals surface area contributed by atoms with Gasteiger partial charge in [-0.3, -0.25) is 4.90 Å². The fourth-order valence-electron chi connectivity index (χ4n) is 3.74. The number of ether oxygens (including phenoxy) is 2. The summed E-state index contributed by atoms with van der Waals surface area (Å²) in [4.78, 5) is 26.5. The Kier molecular flexibility index (Phi) is 7.33. The van der Waals surface area contributed by atoms with Crippen LogP contribution in [0, 0.1) is 17.1 Å². The van der Waals surface area contributed by atoms with Crippen molar-refractivity contribution in [2.75, 3.05) is 25.4 Å². The SMILES string of the molecule is COC(=O)C1=C(C(=O)OC)N(c2cc(Br)c(S(C)(=O)=O)cc2F)C(N)=C(C#N)C1c1ccccc1. The molecule has 2 aromatic carbocycles. The molecule has 0 bridgehead atoms. The van der Waals surface area contributed by atoms with Gasteiger partial charge in [-0.15, -0.1) is 0 Å². The number of carbonyl (C=O) groups is 2. The molecule has 0 aromatic heterocycles.